The predicted octanol–water partition coefficient (Wildman–Crippen LogP) is 5.18. The van der Waals surface area contributed by atoms with Gasteiger partial charge in [0.25, 0.3) is 0 Å². The monoisotopic (exact) mass is 442 g/mol. The van der Waals surface area contributed by atoms with Gasteiger partial charge in [0.1, 0.15) is 0 Å². The maximum atomic E-state index is 6.30. The highest BCUT2D eigenvalue weighted by atomic mass is 79.9. The lowest BCUT2D eigenvalue weighted by Crippen LogP contribution is -2.22. The van der Waals surface area contributed by atoms with E-state index in [1.54, 1.807) is 11.3 Å². The van der Waals surface area contributed by atoms with Crippen molar-refractivity contribution in [3.8, 4) is 11.4 Å². The van der Waals surface area contributed by atoms with Gasteiger partial charge in [0.2, 0.25) is 0 Å². The number of thiophene rings is 1. The summed E-state index contributed by atoms with van der Waals surface area (Å²) in [5, 5.41) is 5.34. The first-order valence-corrected chi connectivity index (χ1v) is 9.67. The molecule has 0 radical (unpaired) electrons. The number of nitrogens with zero attached hydrogens (tertiary/aromatic N) is 4. The fourth-order valence-electron chi connectivity index (χ4n) is 2.44. The highest BCUT2D eigenvalue weighted by Crippen LogP contribution is 2.26. The van der Waals surface area contributed by atoms with Crippen LogP contribution in [-0.4, -0.2) is 26.3 Å². The normalized spacial score (nSPS) is 11.4. The summed E-state index contributed by atoms with van der Waals surface area (Å²) in [7, 11) is 3.97. The quantitative estimate of drug-likeness (QED) is 0.508. The molecule has 2 aromatic heterocycles. The zero-order chi connectivity index (χ0) is 17.3. The van der Waals surface area contributed by atoms with Crippen LogP contribution in [0, 0.1) is 4.77 Å². The van der Waals surface area contributed by atoms with Gasteiger partial charge in [0.05, 0.1) is 15.5 Å². The van der Waals surface area contributed by atoms with Gasteiger partial charge >= 0.3 is 0 Å². The summed E-state index contributed by atoms with van der Waals surface area (Å²) in [6, 6.07) is 11.9. The van der Waals surface area contributed by atoms with Gasteiger partial charge in [-0.2, -0.15) is 5.10 Å². The van der Waals surface area contributed by atoms with Crippen molar-refractivity contribution in [3.63, 3.8) is 0 Å². The first-order chi connectivity index (χ1) is 11.5. The molecular formula is C16H16BrClN4S2. The van der Waals surface area contributed by atoms with Gasteiger partial charge in [0, 0.05) is 24.0 Å². The molecule has 4 nitrogen and oxygen atoms in total. The molecule has 24 heavy (non-hydrogen) atoms. The standard InChI is InChI=1S/C16H16BrClN4S2/c1-20(9-11-7-8-14(17)24-11)10-22-16(23)21(2)15(19-22)12-5-3-4-6-13(12)18/h3-8H,9-10H2,1-2H3. The van der Waals surface area contributed by atoms with Crippen LogP contribution in [-0.2, 0) is 20.3 Å². The van der Waals surface area contributed by atoms with E-state index in [9.17, 15) is 0 Å². The van der Waals surface area contributed by atoms with Crippen molar-refractivity contribution in [2.24, 2.45) is 7.05 Å². The number of aromatic nitrogens is 3. The molecular weight excluding hydrogens is 428 g/mol. The van der Waals surface area contributed by atoms with Crippen LogP contribution in [0.25, 0.3) is 11.4 Å². The minimum absolute atomic E-state index is 0.618. The molecule has 0 atom stereocenters. The lowest BCUT2D eigenvalue weighted by molar-refractivity contribution is 0.246. The van der Waals surface area contributed by atoms with E-state index in [1.165, 1.54) is 4.88 Å². The Morgan fingerprint density at radius 2 is 2.04 bits per heavy atom. The molecule has 0 unspecified atom stereocenters. The fourth-order valence-corrected chi connectivity index (χ4v) is 4.41. The summed E-state index contributed by atoms with van der Waals surface area (Å²) in [5.74, 6) is 0.776. The largest absolute Gasteiger partial charge is 0.303 e. The summed E-state index contributed by atoms with van der Waals surface area (Å²) in [5.41, 5.74) is 0.886. The van der Waals surface area contributed by atoms with Crippen molar-refractivity contribution < 1.29 is 0 Å². The SMILES string of the molecule is CN(Cc1ccc(Br)s1)Cn1nc(-c2ccccc2Cl)n(C)c1=S. The molecule has 0 amide bonds. The summed E-state index contributed by atoms with van der Waals surface area (Å²) in [4.78, 5) is 3.47. The first-order valence-electron chi connectivity index (χ1n) is 7.27. The van der Waals surface area contributed by atoms with Crippen LogP contribution in [0.3, 0.4) is 0 Å². The number of halogens is 2. The van der Waals surface area contributed by atoms with E-state index < -0.39 is 0 Å². The second kappa shape index (κ2) is 7.49. The van der Waals surface area contributed by atoms with E-state index in [1.807, 2.05) is 40.6 Å². The zero-order valence-electron chi connectivity index (χ0n) is 13.2. The van der Waals surface area contributed by atoms with Crippen LogP contribution in [0.1, 0.15) is 4.88 Å². The minimum atomic E-state index is 0.618. The Labute approximate surface area is 163 Å². The summed E-state index contributed by atoms with van der Waals surface area (Å²) < 4.78 is 5.54. The molecule has 8 heteroatoms. The van der Waals surface area contributed by atoms with Crippen LogP contribution >= 0.6 is 51.1 Å². The molecule has 3 rings (SSSR count). The molecule has 126 valence electrons. The molecule has 0 fully saturated rings. The van der Waals surface area contributed by atoms with E-state index in [2.05, 4.69) is 45.1 Å². The lowest BCUT2D eigenvalue weighted by Gasteiger charge is -2.15. The molecule has 3 aromatic rings. The van der Waals surface area contributed by atoms with Crippen molar-refractivity contribution in [2.45, 2.75) is 13.2 Å². The number of benzene rings is 1. The second-order valence-electron chi connectivity index (χ2n) is 5.51. The average molecular weight is 444 g/mol. The van der Waals surface area contributed by atoms with Gasteiger partial charge in [-0.3, -0.25) is 4.90 Å². The Balaban J connectivity index is 1.83. The van der Waals surface area contributed by atoms with E-state index in [-0.39, 0.29) is 0 Å². The molecule has 0 bridgehead atoms. The van der Waals surface area contributed by atoms with E-state index >= 15 is 0 Å². The minimum Gasteiger partial charge on any atom is -0.303 e. The van der Waals surface area contributed by atoms with Gasteiger partial charge in [0.15, 0.2) is 10.6 Å². The smallest absolute Gasteiger partial charge is 0.199 e. The third-order valence-corrected chi connectivity index (χ3v) is 6.01. The third-order valence-electron chi connectivity index (χ3n) is 3.59. The molecule has 0 saturated heterocycles. The molecule has 0 aliphatic carbocycles. The van der Waals surface area contributed by atoms with Crippen LogP contribution in [0.15, 0.2) is 40.2 Å². The van der Waals surface area contributed by atoms with Gasteiger partial charge in [-0.25, -0.2) is 4.68 Å². The highest BCUT2D eigenvalue weighted by molar-refractivity contribution is 9.11. The van der Waals surface area contributed by atoms with Crippen LogP contribution < -0.4 is 0 Å². The Bertz CT molecular complexity index is 915. The van der Waals surface area contributed by atoms with Gasteiger partial charge in [-0.1, -0.05) is 23.7 Å². The fraction of sp³-hybridized carbons (Fsp3) is 0.250. The molecule has 0 aliphatic heterocycles. The van der Waals surface area contributed by atoms with Gasteiger partial charge < -0.3 is 4.57 Å². The van der Waals surface area contributed by atoms with Crippen LogP contribution in [0.5, 0.6) is 0 Å². The van der Waals surface area contributed by atoms with Crippen molar-refractivity contribution in [3.05, 3.63) is 54.9 Å². The summed E-state index contributed by atoms with van der Waals surface area (Å²) in [6.07, 6.45) is 0. The highest BCUT2D eigenvalue weighted by Gasteiger charge is 2.14. The van der Waals surface area contributed by atoms with E-state index in [0.29, 0.717) is 16.5 Å². The average Bonchev–Trinajstić information content (AvgIpc) is 3.06. The predicted molar refractivity (Wildman–Crippen MR) is 106 cm³/mol. The molecule has 0 saturated carbocycles. The summed E-state index contributed by atoms with van der Waals surface area (Å²) >= 11 is 17.1. The Morgan fingerprint density at radius 3 is 2.71 bits per heavy atom. The van der Waals surface area contributed by atoms with Crippen molar-refractivity contribution in [2.75, 3.05) is 7.05 Å². The second-order valence-corrected chi connectivity index (χ2v) is 8.83. The number of rotatable bonds is 5. The van der Waals surface area contributed by atoms with Crippen LogP contribution in [0.2, 0.25) is 5.02 Å². The maximum Gasteiger partial charge on any atom is 0.199 e. The molecule has 1 aromatic carbocycles. The summed E-state index contributed by atoms with van der Waals surface area (Å²) in [6.45, 7) is 1.46. The number of hydrogen-bond donors (Lipinski definition) is 0. The Hall–Kier alpha value is -0.990. The van der Waals surface area contributed by atoms with E-state index in [0.717, 1.165) is 21.7 Å². The van der Waals surface area contributed by atoms with Gasteiger partial charge in [-0.15, -0.1) is 11.3 Å². The maximum absolute atomic E-state index is 6.30. The molecule has 0 aliphatic rings. The first kappa shape index (κ1) is 17.8. The van der Waals surface area contributed by atoms with Crippen molar-refractivity contribution in [1.82, 2.24) is 19.2 Å². The Kier molecular flexibility index (Phi) is 5.56. The lowest BCUT2D eigenvalue weighted by atomic mass is 10.2. The van der Waals surface area contributed by atoms with Crippen molar-refractivity contribution in [1.29, 1.82) is 0 Å². The molecule has 2 heterocycles. The van der Waals surface area contributed by atoms with E-state index in [4.69, 9.17) is 23.8 Å². The third kappa shape index (κ3) is 3.81. The zero-order valence-corrected chi connectivity index (χ0v) is 17.2. The topological polar surface area (TPSA) is 26.0 Å². The Morgan fingerprint density at radius 1 is 1.29 bits per heavy atom. The number of hydrogen-bond acceptors (Lipinski definition) is 4. The molecule has 0 N–H and O–H groups in total. The van der Waals surface area contributed by atoms with Gasteiger partial charge in [-0.05, 0) is 59.5 Å². The van der Waals surface area contributed by atoms with Crippen molar-refractivity contribution >= 4 is 51.1 Å². The molecule has 0 spiro atoms. The van der Waals surface area contributed by atoms with Crippen LogP contribution in [0.4, 0.5) is 0 Å².